The van der Waals surface area contributed by atoms with E-state index in [2.05, 4.69) is 41.1 Å². The summed E-state index contributed by atoms with van der Waals surface area (Å²) in [6.45, 7) is 17.5. The van der Waals surface area contributed by atoms with Crippen molar-refractivity contribution in [3.8, 4) is 0 Å². The number of nitrogens with zero attached hydrogens (tertiary/aromatic N) is 5. The maximum atomic E-state index is 12.0. The number of piperazine rings is 1. The highest BCUT2D eigenvalue weighted by Crippen LogP contribution is 2.26. The molecule has 0 spiro atoms. The normalized spacial score (nSPS) is 22.3. The Morgan fingerprint density at radius 3 is 2.16 bits per heavy atom. The molecule has 4 rings (SSSR count). The van der Waals surface area contributed by atoms with Crippen molar-refractivity contribution in [3.05, 3.63) is 16.4 Å². The summed E-state index contributed by atoms with van der Waals surface area (Å²) in [4.78, 5) is 18.3. The number of halogens is 1. The number of amides is 1. The summed E-state index contributed by atoms with van der Waals surface area (Å²) in [6, 6.07) is 2.09. The molecule has 2 fully saturated rings. The van der Waals surface area contributed by atoms with Crippen molar-refractivity contribution in [3.63, 3.8) is 0 Å². The van der Waals surface area contributed by atoms with Crippen LogP contribution in [-0.2, 0) is 13.1 Å². The average Bonchev–Trinajstić information content (AvgIpc) is 3.18. The molecule has 4 heterocycles. The van der Waals surface area contributed by atoms with Gasteiger partial charge in [0.25, 0.3) is 5.91 Å². The van der Waals surface area contributed by atoms with Crippen LogP contribution in [0.4, 0.5) is 0 Å². The van der Waals surface area contributed by atoms with Gasteiger partial charge in [0.2, 0.25) is 0 Å². The molecule has 2 saturated heterocycles. The molecular formula is C24H47ClN6O. The first-order valence-corrected chi connectivity index (χ1v) is 12.8. The average molecular weight is 471 g/mol. The summed E-state index contributed by atoms with van der Waals surface area (Å²) < 4.78 is 1.89. The van der Waals surface area contributed by atoms with Gasteiger partial charge in [-0.1, -0.05) is 39.3 Å². The van der Waals surface area contributed by atoms with Crippen LogP contribution in [0.5, 0.6) is 0 Å². The summed E-state index contributed by atoms with van der Waals surface area (Å²) in [5.41, 5.74) is 1.32. The third-order valence-electron chi connectivity index (χ3n) is 5.90. The first-order chi connectivity index (χ1) is 15.3. The highest BCUT2D eigenvalue weighted by molar-refractivity contribution is 6.34. The highest BCUT2D eigenvalue weighted by Gasteiger charge is 2.30. The predicted octanol–water partition coefficient (Wildman–Crippen LogP) is 3.96. The smallest absolute Gasteiger partial charge is 0.275 e. The van der Waals surface area contributed by atoms with E-state index in [1.165, 1.54) is 30.8 Å². The SMILES string of the molecule is CC.CC.CC(C)N1CCCn2nc(C(=O)N(C)C)c(Cl)c2C1.CN1CC2CCC(C1)N2. The minimum Gasteiger partial charge on any atom is -0.343 e. The standard InChI is InChI=1S/C13H21ClN4O.C7H14N2.2C2H6/c1-9(2)17-6-5-7-18-10(8-17)11(14)12(15-18)13(19)16(3)4;1-9-4-6-2-3-7(5-9)8-6;2*1-2/h9H,5-8H2,1-4H3;6-8H,2-5H2,1H3;2*1-2H3. The topological polar surface area (TPSA) is 56.6 Å². The Hall–Kier alpha value is -1.15. The molecule has 1 aromatic heterocycles. The summed E-state index contributed by atoms with van der Waals surface area (Å²) >= 11 is 6.37. The number of fused-ring (bicyclic) bond motifs is 3. The lowest BCUT2D eigenvalue weighted by Gasteiger charge is -2.29. The molecule has 1 aromatic rings. The molecule has 186 valence electrons. The number of likely N-dealkylation sites (N-methyl/N-ethyl adjacent to an activating group) is 1. The fraction of sp³-hybridized carbons (Fsp3) is 0.833. The van der Waals surface area contributed by atoms with E-state index in [9.17, 15) is 4.79 Å². The van der Waals surface area contributed by atoms with Crippen molar-refractivity contribution < 1.29 is 4.79 Å². The fourth-order valence-electron chi connectivity index (χ4n) is 4.31. The first-order valence-electron chi connectivity index (χ1n) is 12.4. The number of aryl methyl sites for hydroxylation is 1. The Morgan fingerprint density at radius 1 is 1.09 bits per heavy atom. The Balaban J connectivity index is 0.000000326. The van der Waals surface area contributed by atoms with Crippen molar-refractivity contribution in [2.75, 3.05) is 40.8 Å². The lowest BCUT2D eigenvalue weighted by Crippen LogP contribution is -2.49. The lowest BCUT2D eigenvalue weighted by atomic mass is 10.2. The van der Waals surface area contributed by atoms with Crippen LogP contribution in [0.15, 0.2) is 0 Å². The molecule has 0 saturated carbocycles. The van der Waals surface area contributed by atoms with E-state index >= 15 is 0 Å². The minimum absolute atomic E-state index is 0.137. The molecule has 8 heteroatoms. The van der Waals surface area contributed by atoms with Crippen LogP contribution in [0.2, 0.25) is 5.02 Å². The third-order valence-corrected chi connectivity index (χ3v) is 6.30. The number of hydrogen-bond donors (Lipinski definition) is 1. The van der Waals surface area contributed by atoms with Crippen molar-refractivity contribution >= 4 is 17.5 Å². The van der Waals surface area contributed by atoms with Crippen LogP contribution in [0, 0.1) is 0 Å². The Kier molecular flexibility index (Phi) is 12.8. The summed E-state index contributed by atoms with van der Waals surface area (Å²) in [6.07, 6.45) is 3.82. The first kappa shape index (κ1) is 28.9. The second-order valence-electron chi connectivity index (χ2n) is 8.81. The van der Waals surface area contributed by atoms with Crippen molar-refractivity contribution in [1.29, 1.82) is 0 Å². The molecule has 2 unspecified atom stereocenters. The van der Waals surface area contributed by atoms with E-state index in [4.69, 9.17) is 11.6 Å². The zero-order valence-electron chi connectivity index (χ0n) is 21.9. The number of rotatable bonds is 2. The monoisotopic (exact) mass is 470 g/mol. The lowest BCUT2D eigenvalue weighted by molar-refractivity contribution is 0.0821. The summed E-state index contributed by atoms with van der Waals surface area (Å²) in [5, 5.41) is 8.48. The molecule has 1 N–H and O–H groups in total. The van der Waals surface area contributed by atoms with E-state index in [1.54, 1.807) is 14.1 Å². The number of aromatic nitrogens is 2. The van der Waals surface area contributed by atoms with Crippen molar-refractivity contribution in [1.82, 2.24) is 29.8 Å². The maximum absolute atomic E-state index is 12.0. The van der Waals surface area contributed by atoms with Gasteiger partial charge in [-0.15, -0.1) is 0 Å². The summed E-state index contributed by atoms with van der Waals surface area (Å²) in [5.74, 6) is -0.137. The molecule has 32 heavy (non-hydrogen) atoms. The van der Waals surface area contributed by atoms with Gasteiger partial charge in [0.05, 0.1) is 10.7 Å². The van der Waals surface area contributed by atoms with E-state index in [-0.39, 0.29) is 5.91 Å². The van der Waals surface area contributed by atoms with Crippen LogP contribution >= 0.6 is 11.6 Å². The Morgan fingerprint density at radius 2 is 1.66 bits per heavy atom. The number of carbonyl (C=O) groups excluding carboxylic acids is 1. The van der Waals surface area contributed by atoms with Gasteiger partial charge < -0.3 is 15.1 Å². The summed E-state index contributed by atoms with van der Waals surface area (Å²) in [7, 11) is 5.64. The van der Waals surface area contributed by atoms with E-state index in [0.717, 1.165) is 43.8 Å². The van der Waals surface area contributed by atoms with Gasteiger partial charge in [0.1, 0.15) is 0 Å². The fourth-order valence-corrected chi connectivity index (χ4v) is 4.59. The molecule has 3 aliphatic heterocycles. The van der Waals surface area contributed by atoms with Gasteiger partial charge in [-0.2, -0.15) is 5.10 Å². The van der Waals surface area contributed by atoms with Gasteiger partial charge in [-0.05, 0) is 40.2 Å². The molecule has 2 atom stereocenters. The number of carbonyl (C=O) groups is 1. The molecule has 0 aromatic carbocycles. The number of likely N-dealkylation sites (tertiary alicyclic amines) is 1. The van der Waals surface area contributed by atoms with Crippen LogP contribution in [0.25, 0.3) is 0 Å². The molecule has 1 amide bonds. The third kappa shape index (κ3) is 7.72. The second-order valence-corrected chi connectivity index (χ2v) is 9.19. The Bertz CT molecular complexity index is 678. The number of nitrogens with one attached hydrogen (secondary N) is 1. The quantitative estimate of drug-likeness (QED) is 0.709. The van der Waals surface area contributed by atoms with Gasteiger partial charge >= 0.3 is 0 Å². The van der Waals surface area contributed by atoms with Crippen LogP contribution in [0.1, 0.15) is 77.0 Å². The van der Waals surface area contributed by atoms with Gasteiger partial charge in [-0.3, -0.25) is 14.4 Å². The van der Waals surface area contributed by atoms with Crippen molar-refractivity contribution in [2.45, 2.75) is 92.0 Å². The van der Waals surface area contributed by atoms with Gasteiger partial charge in [0, 0.05) is 64.9 Å². The van der Waals surface area contributed by atoms with Gasteiger partial charge in [0.15, 0.2) is 5.69 Å². The van der Waals surface area contributed by atoms with E-state index < -0.39 is 0 Å². The molecule has 2 bridgehead atoms. The zero-order chi connectivity index (χ0) is 24.4. The minimum atomic E-state index is -0.137. The van der Waals surface area contributed by atoms with Crippen molar-refractivity contribution in [2.24, 2.45) is 0 Å². The molecule has 7 nitrogen and oxygen atoms in total. The number of hydrogen-bond acceptors (Lipinski definition) is 5. The largest absolute Gasteiger partial charge is 0.343 e. The van der Waals surface area contributed by atoms with E-state index in [0.29, 0.717) is 16.8 Å². The van der Waals surface area contributed by atoms with Crippen LogP contribution in [0.3, 0.4) is 0 Å². The molecule has 3 aliphatic rings. The zero-order valence-corrected chi connectivity index (χ0v) is 22.7. The molecule has 0 aliphatic carbocycles. The second kappa shape index (κ2) is 14.2. The maximum Gasteiger partial charge on any atom is 0.275 e. The molecular weight excluding hydrogens is 424 g/mol. The predicted molar refractivity (Wildman–Crippen MR) is 136 cm³/mol. The van der Waals surface area contributed by atoms with Crippen LogP contribution < -0.4 is 5.32 Å². The Labute approximate surface area is 201 Å². The van der Waals surface area contributed by atoms with Crippen LogP contribution in [-0.4, -0.2) is 89.3 Å². The van der Waals surface area contributed by atoms with Gasteiger partial charge in [-0.25, -0.2) is 0 Å². The molecule has 0 radical (unpaired) electrons. The van der Waals surface area contributed by atoms with E-state index in [1.807, 2.05) is 32.4 Å². The highest BCUT2D eigenvalue weighted by atomic mass is 35.5.